The Balaban J connectivity index is 2.02. The van der Waals surface area contributed by atoms with Crippen LogP contribution in [0.1, 0.15) is 5.56 Å². The number of benzene rings is 2. The lowest BCUT2D eigenvalue weighted by Crippen LogP contribution is -2.18. The normalized spacial score (nSPS) is 10.8. The zero-order valence-corrected chi connectivity index (χ0v) is 13.8. The molecule has 0 bridgehead atoms. The van der Waals surface area contributed by atoms with Crippen LogP contribution < -0.4 is 4.90 Å². The van der Waals surface area contributed by atoms with Crippen molar-refractivity contribution in [3.05, 3.63) is 63.9 Å². The zero-order valence-electron chi connectivity index (χ0n) is 11.4. The quantitative estimate of drug-likeness (QED) is 0.633. The summed E-state index contributed by atoms with van der Waals surface area (Å²) in [6.07, 6.45) is 0. The summed E-state index contributed by atoms with van der Waals surface area (Å²) in [5.74, 6) is 0.835. The van der Waals surface area contributed by atoms with E-state index in [1.54, 1.807) is 0 Å². The molecule has 3 rings (SSSR count). The fraction of sp³-hybridized carbons (Fsp3) is 0.125. The third kappa shape index (κ3) is 3.01. The second-order valence-electron chi connectivity index (χ2n) is 4.78. The standard InChI is InChI=1S/C16H13BrClN3/c1-21(10-11-6-2-4-8-13(11)17)15-12-7-3-5-9-14(12)19-16(18)20-15/h2-9H,10H2,1H3. The monoisotopic (exact) mass is 361 g/mol. The molecule has 1 heterocycles. The molecule has 0 saturated carbocycles. The van der Waals surface area contributed by atoms with E-state index in [2.05, 4.69) is 36.9 Å². The Morgan fingerprint density at radius 1 is 1.05 bits per heavy atom. The molecule has 1 aromatic heterocycles. The highest BCUT2D eigenvalue weighted by atomic mass is 79.9. The van der Waals surface area contributed by atoms with E-state index >= 15 is 0 Å². The fourth-order valence-electron chi connectivity index (χ4n) is 2.28. The molecule has 0 radical (unpaired) electrons. The summed E-state index contributed by atoms with van der Waals surface area (Å²) in [6.45, 7) is 0.735. The lowest BCUT2D eigenvalue weighted by atomic mass is 10.2. The van der Waals surface area contributed by atoms with Gasteiger partial charge in [0, 0.05) is 23.5 Å². The van der Waals surface area contributed by atoms with Crippen LogP contribution in [0, 0.1) is 0 Å². The smallest absolute Gasteiger partial charge is 0.224 e. The van der Waals surface area contributed by atoms with Crippen LogP contribution in [0.3, 0.4) is 0 Å². The lowest BCUT2D eigenvalue weighted by Gasteiger charge is -2.20. The second kappa shape index (κ2) is 6.00. The van der Waals surface area contributed by atoms with Crippen molar-refractivity contribution in [3.63, 3.8) is 0 Å². The van der Waals surface area contributed by atoms with Crippen molar-refractivity contribution in [2.45, 2.75) is 6.54 Å². The van der Waals surface area contributed by atoms with Gasteiger partial charge in [-0.1, -0.05) is 46.3 Å². The van der Waals surface area contributed by atoms with Crippen LogP contribution in [-0.4, -0.2) is 17.0 Å². The van der Waals surface area contributed by atoms with E-state index in [0.29, 0.717) is 0 Å². The molecule has 0 aliphatic rings. The molecule has 3 aromatic rings. The number of fused-ring (bicyclic) bond motifs is 1. The van der Waals surface area contributed by atoms with E-state index in [9.17, 15) is 0 Å². The van der Waals surface area contributed by atoms with Crippen molar-refractivity contribution in [3.8, 4) is 0 Å². The van der Waals surface area contributed by atoms with E-state index in [0.717, 1.165) is 27.7 Å². The maximum absolute atomic E-state index is 6.04. The average molecular weight is 363 g/mol. The molecule has 21 heavy (non-hydrogen) atoms. The van der Waals surface area contributed by atoms with Crippen LogP contribution >= 0.6 is 27.5 Å². The van der Waals surface area contributed by atoms with E-state index in [1.165, 1.54) is 5.56 Å². The topological polar surface area (TPSA) is 29.0 Å². The molecule has 0 spiro atoms. The minimum atomic E-state index is 0.266. The summed E-state index contributed by atoms with van der Waals surface area (Å²) in [5, 5.41) is 1.26. The molecule has 2 aromatic carbocycles. The molecule has 3 nitrogen and oxygen atoms in total. The second-order valence-corrected chi connectivity index (χ2v) is 5.97. The van der Waals surface area contributed by atoms with Gasteiger partial charge in [-0.2, -0.15) is 4.98 Å². The predicted molar refractivity (Wildman–Crippen MR) is 90.8 cm³/mol. The Hall–Kier alpha value is -1.65. The molecule has 0 atom stereocenters. The maximum atomic E-state index is 6.04. The van der Waals surface area contributed by atoms with E-state index in [-0.39, 0.29) is 5.28 Å². The van der Waals surface area contributed by atoms with E-state index < -0.39 is 0 Å². The molecule has 0 amide bonds. The number of anilines is 1. The van der Waals surface area contributed by atoms with Crippen LogP contribution in [-0.2, 0) is 6.54 Å². The molecule has 5 heteroatoms. The van der Waals surface area contributed by atoms with Crippen molar-refractivity contribution in [1.29, 1.82) is 0 Å². The third-order valence-electron chi connectivity index (χ3n) is 3.28. The van der Waals surface area contributed by atoms with Crippen molar-refractivity contribution >= 4 is 44.3 Å². The number of aromatic nitrogens is 2. The SMILES string of the molecule is CN(Cc1ccccc1Br)c1nc(Cl)nc2ccccc12. The van der Waals surface area contributed by atoms with Gasteiger partial charge in [0.1, 0.15) is 5.82 Å². The molecule has 0 N–H and O–H groups in total. The average Bonchev–Trinajstić information content (AvgIpc) is 2.48. The zero-order chi connectivity index (χ0) is 14.8. The number of halogens is 2. The molecule has 106 valence electrons. The summed E-state index contributed by atoms with van der Waals surface area (Å²) in [4.78, 5) is 10.7. The van der Waals surface area contributed by atoms with Crippen molar-refractivity contribution in [2.75, 3.05) is 11.9 Å². The molecule has 0 fully saturated rings. The van der Waals surface area contributed by atoms with Gasteiger partial charge in [0.15, 0.2) is 0 Å². The van der Waals surface area contributed by atoms with E-state index in [4.69, 9.17) is 11.6 Å². The molecule has 0 aliphatic heterocycles. The van der Waals surface area contributed by atoms with Crippen LogP contribution in [0.4, 0.5) is 5.82 Å². The third-order valence-corrected chi connectivity index (χ3v) is 4.23. The molecular formula is C16H13BrClN3. The Labute approximate surface area is 136 Å². The van der Waals surface area contributed by atoms with Gasteiger partial charge in [0.25, 0.3) is 0 Å². The Kier molecular flexibility index (Phi) is 4.08. The summed E-state index contributed by atoms with van der Waals surface area (Å²) in [7, 11) is 2.00. The number of hydrogen-bond acceptors (Lipinski definition) is 3. The first-order chi connectivity index (χ1) is 10.1. The number of hydrogen-bond donors (Lipinski definition) is 0. The van der Waals surface area contributed by atoms with Crippen molar-refractivity contribution in [2.24, 2.45) is 0 Å². The maximum Gasteiger partial charge on any atom is 0.224 e. The minimum absolute atomic E-state index is 0.266. The van der Waals surface area contributed by atoms with Gasteiger partial charge >= 0.3 is 0 Å². The fourth-order valence-corrected chi connectivity index (χ4v) is 2.86. The highest BCUT2D eigenvalue weighted by molar-refractivity contribution is 9.10. The largest absolute Gasteiger partial charge is 0.355 e. The summed E-state index contributed by atoms with van der Waals surface area (Å²) in [6, 6.07) is 16.0. The van der Waals surface area contributed by atoms with Gasteiger partial charge in [-0.3, -0.25) is 0 Å². The van der Waals surface area contributed by atoms with Gasteiger partial charge in [-0.15, -0.1) is 0 Å². The van der Waals surface area contributed by atoms with Crippen molar-refractivity contribution < 1.29 is 0 Å². The molecule has 0 saturated heterocycles. The lowest BCUT2D eigenvalue weighted by molar-refractivity contribution is 0.896. The number of rotatable bonds is 3. The first kappa shape index (κ1) is 14.3. The van der Waals surface area contributed by atoms with E-state index in [1.807, 2.05) is 49.5 Å². The van der Waals surface area contributed by atoms with Crippen LogP contribution in [0.5, 0.6) is 0 Å². The van der Waals surface area contributed by atoms with Crippen LogP contribution in [0.2, 0.25) is 5.28 Å². The highest BCUT2D eigenvalue weighted by Gasteiger charge is 2.12. The summed E-state index contributed by atoms with van der Waals surface area (Å²) < 4.78 is 1.08. The van der Waals surface area contributed by atoms with Gasteiger partial charge < -0.3 is 4.90 Å². The van der Waals surface area contributed by atoms with Gasteiger partial charge in [0.2, 0.25) is 5.28 Å². The number of nitrogens with zero attached hydrogens (tertiary/aromatic N) is 3. The first-order valence-electron chi connectivity index (χ1n) is 6.52. The van der Waals surface area contributed by atoms with Gasteiger partial charge in [-0.25, -0.2) is 4.98 Å². The Bertz CT molecular complexity index is 791. The molecule has 0 unspecified atom stereocenters. The minimum Gasteiger partial charge on any atom is -0.355 e. The van der Waals surface area contributed by atoms with Crippen LogP contribution in [0.15, 0.2) is 53.0 Å². The summed E-state index contributed by atoms with van der Waals surface area (Å²) in [5.41, 5.74) is 2.05. The van der Waals surface area contributed by atoms with Crippen molar-refractivity contribution in [1.82, 2.24) is 9.97 Å². The molecule has 0 aliphatic carbocycles. The molecular weight excluding hydrogens is 350 g/mol. The Morgan fingerprint density at radius 2 is 1.76 bits per heavy atom. The Morgan fingerprint density at radius 3 is 2.57 bits per heavy atom. The highest BCUT2D eigenvalue weighted by Crippen LogP contribution is 2.26. The predicted octanol–water partition coefficient (Wildman–Crippen LogP) is 4.68. The summed E-state index contributed by atoms with van der Waals surface area (Å²) >= 11 is 9.62. The first-order valence-corrected chi connectivity index (χ1v) is 7.69. The van der Waals surface area contributed by atoms with Gasteiger partial charge in [-0.05, 0) is 35.4 Å². The van der Waals surface area contributed by atoms with Crippen LogP contribution in [0.25, 0.3) is 10.9 Å². The van der Waals surface area contributed by atoms with Gasteiger partial charge in [0.05, 0.1) is 5.52 Å². The number of para-hydroxylation sites is 1.